The summed E-state index contributed by atoms with van der Waals surface area (Å²) in [6.07, 6.45) is -0.989. The highest BCUT2D eigenvalue weighted by Gasteiger charge is 2.43. The summed E-state index contributed by atoms with van der Waals surface area (Å²) in [7, 11) is -17.3. The first-order chi connectivity index (χ1) is 27.9. The number of ether oxygens (including phenoxy) is 1. The van der Waals surface area contributed by atoms with Gasteiger partial charge in [-0.05, 0) is 25.0 Å². The third-order valence-corrected chi connectivity index (χ3v) is 14.7. The number of anilines is 1. The number of aromatic amines is 1. The molecule has 10 N–H and O–H groups in total. The van der Waals surface area contributed by atoms with Crippen LogP contribution in [0.2, 0.25) is 0 Å². The smallest absolute Gasteiger partial charge is 0.390 e. The number of nitrogens with two attached hydrogens (primary N) is 2. The molecular formula is C32H45N6O18P3S. The molecule has 28 heteroatoms. The molecule has 24 nitrogen and oxygen atoms in total. The number of fused-ring (bicyclic) bond motifs is 1. The van der Waals surface area contributed by atoms with Crippen molar-refractivity contribution in [2.45, 2.75) is 60.8 Å². The highest BCUT2D eigenvalue weighted by atomic mass is 32.2. The van der Waals surface area contributed by atoms with Crippen LogP contribution in [0.25, 0.3) is 16.8 Å². The first-order valence-corrected chi connectivity index (χ1v) is 23.8. The number of hydrogen-bond donors (Lipinski definition) is 8. The SMILES string of the molecule is CN(C)c1cccc2c(S(=O)(=O)C(N)CCCCC(=O)N(C/C=C/c3cn([C@H]4C[C@H](O)[C@@H](COP(=O)(O)OP(=O)(O)OP(=O)(O)O)O4)c(=O)[nH]c3=O)C(=O)CN)cccc12. The number of carbonyl (C=O) groups is 2. The van der Waals surface area contributed by atoms with Gasteiger partial charge in [0.25, 0.3) is 5.56 Å². The minimum atomic E-state index is -5.81. The van der Waals surface area contributed by atoms with E-state index in [4.69, 9.17) is 26.0 Å². The Labute approximate surface area is 341 Å². The van der Waals surface area contributed by atoms with Gasteiger partial charge < -0.3 is 45.8 Å². The molecule has 1 aromatic heterocycles. The molecule has 0 bridgehead atoms. The first-order valence-electron chi connectivity index (χ1n) is 17.7. The number of nitrogens with one attached hydrogen (secondary N) is 1. The zero-order chi connectivity index (χ0) is 44.8. The molecule has 60 heavy (non-hydrogen) atoms. The van der Waals surface area contributed by atoms with E-state index in [0.29, 0.717) is 5.39 Å². The molecule has 3 aromatic rings. The molecule has 1 fully saturated rings. The van der Waals surface area contributed by atoms with Crippen LogP contribution < -0.4 is 27.6 Å². The third-order valence-electron chi connectivity index (χ3n) is 8.86. The molecular weight excluding hydrogens is 881 g/mol. The summed E-state index contributed by atoms with van der Waals surface area (Å²) in [4.78, 5) is 92.1. The molecule has 3 unspecified atom stereocenters. The Morgan fingerprint density at radius 3 is 2.33 bits per heavy atom. The number of aliphatic hydroxyl groups excluding tert-OH is 1. The Morgan fingerprint density at radius 1 is 1.02 bits per heavy atom. The lowest BCUT2D eigenvalue weighted by Crippen LogP contribution is -2.40. The minimum absolute atomic E-state index is 0.0128. The van der Waals surface area contributed by atoms with Gasteiger partial charge in [0, 0.05) is 56.1 Å². The van der Waals surface area contributed by atoms with Crippen LogP contribution in [0.15, 0.2) is 63.2 Å². The second-order valence-corrected chi connectivity index (χ2v) is 20.0. The van der Waals surface area contributed by atoms with Crippen LogP contribution in [0.4, 0.5) is 5.69 Å². The Morgan fingerprint density at radius 2 is 1.68 bits per heavy atom. The highest BCUT2D eigenvalue weighted by molar-refractivity contribution is 7.92. The van der Waals surface area contributed by atoms with E-state index in [1.807, 2.05) is 36.1 Å². The largest absolute Gasteiger partial charge is 0.490 e. The number of nitrogens with zero attached hydrogens (tertiary/aromatic N) is 3. The number of rotatable bonds is 20. The quantitative estimate of drug-likeness (QED) is 0.0561. The topological polar surface area (TPSA) is 371 Å². The van der Waals surface area contributed by atoms with Gasteiger partial charge in [-0.25, -0.2) is 26.9 Å². The number of benzene rings is 2. The monoisotopic (exact) mass is 926 g/mol. The lowest BCUT2D eigenvalue weighted by Gasteiger charge is -2.20. The number of carbonyl (C=O) groups excluding carboxylic acids is 2. The second kappa shape index (κ2) is 20.0. The predicted octanol–water partition coefficient (Wildman–Crippen LogP) is 0.394. The first kappa shape index (κ1) is 48.9. The fourth-order valence-corrected chi connectivity index (χ4v) is 10.6. The molecule has 0 radical (unpaired) electrons. The van der Waals surface area contributed by atoms with Gasteiger partial charge in [0.1, 0.15) is 17.7 Å². The minimum Gasteiger partial charge on any atom is -0.390 e. The molecule has 0 saturated carbocycles. The normalized spacial score (nSPS) is 19.9. The van der Waals surface area contributed by atoms with E-state index in [1.54, 1.807) is 18.2 Å². The molecule has 0 spiro atoms. The van der Waals surface area contributed by atoms with E-state index in [2.05, 4.69) is 13.1 Å². The fraction of sp³-hybridized carbons (Fsp3) is 0.438. The Kier molecular flexibility index (Phi) is 16.3. The maximum atomic E-state index is 13.5. The molecule has 6 atom stereocenters. The zero-order valence-corrected chi connectivity index (χ0v) is 35.5. The Bertz CT molecular complexity index is 2470. The number of amides is 2. The predicted molar refractivity (Wildman–Crippen MR) is 212 cm³/mol. The van der Waals surface area contributed by atoms with Crippen molar-refractivity contribution in [1.82, 2.24) is 14.5 Å². The van der Waals surface area contributed by atoms with Crippen molar-refractivity contribution in [2.75, 3.05) is 38.7 Å². The third kappa shape index (κ3) is 12.9. The van der Waals surface area contributed by atoms with E-state index in [1.165, 1.54) is 18.2 Å². The van der Waals surface area contributed by atoms with Crippen molar-refractivity contribution < 1.29 is 74.3 Å². The molecule has 2 aromatic carbocycles. The van der Waals surface area contributed by atoms with Gasteiger partial charge in [-0.15, -0.1) is 0 Å². The summed E-state index contributed by atoms with van der Waals surface area (Å²) in [6, 6.07) is 10.3. The molecule has 332 valence electrons. The van der Waals surface area contributed by atoms with Gasteiger partial charge in [-0.3, -0.25) is 33.4 Å². The number of H-pyrrole nitrogens is 1. The van der Waals surface area contributed by atoms with Crippen LogP contribution in [0.1, 0.15) is 43.9 Å². The van der Waals surface area contributed by atoms with Gasteiger partial charge in [-0.1, -0.05) is 42.8 Å². The second-order valence-electron chi connectivity index (χ2n) is 13.4. The number of unbranched alkanes of at least 4 members (excludes halogenated alkanes) is 1. The number of hydrogen-bond acceptors (Lipinski definition) is 17. The average Bonchev–Trinajstić information content (AvgIpc) is 3.51. The maximum absolute atomic E-state index is 13.5. The number of aliphatic hydroxyl groups is 1. The summed E-state index contributed by atoms with van der Waals surface area (Å²) < 4.78 is 79.6. The van der Waals surface area contributed by atoms with Crippen molar-refractivity contribution in [3.8, 4) is 0 Å². The summed E-state index contributed by atoms with van der Waals surface area (Å²) in [5.41, 5.74) is 10.4. The highest BCUT2D eigenvalue weighted by Crippen LogP contribution is 2.66. The van der Waals surface area contributed by atoms with Crippen LogP contribution in [-0.2, 0) is 51.0 Å². The van der Waals surface area contributed by atoms with Crippen molar-refractivity contribution in [2.24, 2.45) is 11.5 Å². The van der Waals surface area contributed by atoms with Crippen molar-refractivity contribution >= 4 is 67.7 Å². The molecule has 1 aliphatic rings. The van der Waals surface area contributed by atoms with Crippen molar-refractivity contribution in [3.05, 3.63) is 75.1 Å². The van der Waals surface area contributed by atoms with Gasteiger partial charge in [0.15, 0.2) is 9.84 Å². The lowest BCUT2D eigenvalue weighted by atomic mass is 10.1. The number of imide groups is 1. The molecule has 2 heterocycles. The van der Waals surface area contributed by atoms with Gasteiger partial charge in [-0.2, -0.15) is 8.62 Å². The summed E-state index contributed by atoms with van der Waals surface area (Å²) in [6.45, 7) is -1.92. The van der Waals surface area contributed by atoms with E-state index < -0.39 is 93.3 Å². The van der Waals surface area contributed by atoms with E-state index in [-0.39, 0.29) is 49.1 Å². The zero-order valence-electron chi connectivity index (χ0n) is 32.0. The Balaban J connectivity index is 1.36. The number of aromatic nitrogens is 2. The molecule has 2 amide bonds. The van der Waals surface area contributed by atoms with Gasteiger partial charge >= 0.3 is 29.2 Å². The standard InChI is InChI=1S/C32H45N6O18P3S/c1-36(2)23-11-5-10-22-21(23)9-6-12-26(22)60(51,52)27(34)13-3-4-14-28(40)37(29(41)17-33)15-7-8-20-18-38(32(43)35-31(20)42)30-16-24(39)25(54-30)19-53-58(47,48)56-59(49,50)55-57(44,45)46/h5-12,18,24-25,27,30,39H,3-4,13-17,19,33-34H2,1-2H3,(H,47,48)(H,49,50)(H,35,42,43)(H2,44,45,46)/b8-7+/t24-,25+,27?,30+/m0/s1. The van der Waals surface area contributed by atoms with E-state index in [0.717, 1.165) is 26.7 Å². The van der Waals surface area contributed by atoms with Crippen LogP contribution in [0.5, 0.6) is 0 Å². The van der Waals surface area contributed by atoms with Gasteiger partial charge in [0.2, 0.25) is 11.8 Å². The summed E-state index contributed by atoms with van der Waals surface area (Å²) in [5.74, 6) is -1.40. The summed E-state index contributed by atoms with van der Waals surface area (Å²) >= 11 is 0. The maximum Gasteiger partial charge on any atom is 0.490 e. The van der Waals surface area contributed by atoms with E-state index >= 15 is 0 Å². The van der Waals surface area contributed by atoms with E-state index in [9.17, 15) is 56.2 Å². The Hall–Kier alpha value is -3.74. The lowest BCUT2D eigenvalue weighted by molar-refractivity contribution is -0.143. The summed E-state index contributed by atoms with van der Waals surface area (Å²) in [5, 5.41) is 10.4. The van der Waals surface area contributed by atoms with Crippen LogP contribution in [-0.4, -0.2) is 111 Å². The van der Waals surface area contributed by atoms with Gasteiger partial charge in [0.05, 0.1) is 29.7 Å². The van der Waals surface area contributed by atoms with Crippen LogP contribution in [0, 0.1) is 0 Å². The van der Waals surface area contributed by atoms with Crippen LogP contribution in [0.3, 0.4) is 0 Å². The number of phosphoric acid groups is 3. The molecule has 1 saturated heterocycles. The molecule has 1 aliphatic heterocycles. The molecule has 0 aliphatic carbocycles. The number of phosphoric ester groups is 1. The average molecular weight is 927 g/mol. The molecule has 4 rings (SSSR count). The van der Waals surface area contributed by atoms with Crippen molar-refractivity contribution in [3.63, 3.8) is 0 Å². The number of sulfone groups is 1. The fourth-order valence-electron chi connectivity index (χ4n) is 6.06. The van der Waals surface area contributed by atoms with Crippen LogP contribution >= 0.6 is 23.5 Å². The van der Waals surface area contributed by atoms with Crippen molar-refractivity contribution in [1.29, 1.82) is 0 Å².